The molecular weight excluding hydrogens is 136 g/mol. The van der Waals surface area contributed by atoms with Gasteiger partial charge in [0.25, 0.3) is 0 Å². The van der Waals surface area contributed by atoms with Crippen LogP contribution >= 0.6 is 0 Å². The molecular formula is C5H8N2O3. The minimum atomic E-state index is -1.42. The van der Waals surface area contributed by atoms with E-state index in [1.54, 1.807) is 6.92 Å². The lowest BCUT2D eigenvalue weighted by atomic mass is 10.4. The molecule has 0 atom stereocenters. The summed E-state index contributed by atoms with van der Waals surface area (Å²) >= 11 is 0. The number of aliphatic hydroxyl groups excluding tert-OH is 1. The molecule has 0 spiro atoms. The molecule has 0 radical (unpaired) electrons. The maximum Gasteiger partial charge on any atom is 0.231 e. The van der Waals surface area contributed by atoms with Crippen molar-refractivity contribution in [3.63, 3.8) is 0 Å². The van der Waals surface area contributed by atoms with Crippen molar-refractivity contribution in [2.24, 2.45) is 0 Å². The van der Waals surface area contributed by atoms with E-state index in [4.69, 9.17) is 10.2 Å². The van der Waals surface area contributed by atoms with Gasteiger partial charge in [0, 0.05) is 0 Å². The van der Waals surface area contributed by atoms with Crippen molar-refractivity contribution < 1.29 is 14.7 Å². The zero-order valence-corrected chi connectivity index (χ0v) is 5.48. The highest BCUT2D eigenvalue weighted by Gasteiger charge is 2.06. The predicted octanol–water partition coefficient (Wildman–Crippen LogP) is -0.769. The molecule has 1 aromatic heterocycles. The van der Waals surface area contributed by atoms with Gasteiger partial charge in [0.1, 0.15) is 0 Å². The third kappa shape index (κ3) is 1.78. The lowest BCUT2D eigenvalue weighted by molar-refractivity contribution is -0.0429. The number of hydrogen-bond acceptors (Lipinski definition) is 5. The molecule has 0 saturated carbocycles. The molecule has 0 bridgehead atoms. The molecule has 0 aromatic carbocycles. The third-order valence-electron chi connectivity index (χ3n) is 0.927. The van der Waals surface area contributed by atoms with E-state index in [0.29, 0.717) is 5.82 Å². The van der Waals surface area contributed by atoms with Crippen molar-refractivity contribution >= 4 is 0 Å². The van der Waals surface area contributed by atoms with Crippen molar-refractivity contribution in [1.29, 1.82) is 0 Å². The molecule has 0 amide bonds. The molecule has 56 valence electrons. The smallest absolute Gasteiger partial charge is 0.231 e. The van der Waals surface area contributed by atoms with Crippen LogP contribution in [0.4, 0.5) is 0 Å². The Kier molecular flexibility index (Phi) is 1.98. The van der Waals surface area contributed by atoms with Crippen LogP contribution in [0.25, 0.3) is 0 Å². The second-order valence-electron chi connectivity index (χ2n) is 1.92. The highest BCUT2D eigenvalue weighted by Crippen LogP contribution is 1.97. The van der Waals surface area contributed by atoms with Crippen molar-refractivity contribution in [2.45, 2.75) is 19.6 Å². The van der Waals surface area contributed by atoms with E-state index in [0.717, 1.165) is 0 Å². The molecule has 5 heteroatoms. The Hall–Kier alpha value is -0.940. The van der Waals surface area contributed by atoms with Gasteiger partial charge in [0.15, 0.2) is 12.1 Å². The van der Waals surface area contributed by atoms with E-state index in [9.17, 15) is 0 Å². The average molecular weight is 144 g/mol. The van der Waals surface area contributed by atoms with Gasteiger partial charge in [-0.25, -0.2) is 0 Å². The van der Waals surface area contributed by atoms with Crippen molar-refractivity contribution in [3.05, 3.63) is 11.7 Å². The zero-order chi connectivity index (χ0) is 7.56. The van der Waals surface area contributed by atoms with Gasteiger partial charge in [0.2, 0.25) is 5.89 Å². The van der Waals surface area contributed by atoms with Gasteiger partial charge in [-0.2, -0.15) is 4.98 Å². The first-order chi connectivity index (χ1) is 4.68. The number of aliphatic hydroxyl groups is 2. The predicted molar refractivity (Wildman–Crippen MR) is 31.0 cm³/mol. The summed E-state index contributed by atoms with van der Waals surface area (Å²) < 4.78 is 4.59. The topological polar surface area (TPSA) is 79.4 Å². The van der Waals surface area contributed by atoms with Crippen LogP contribution in [-0.4, -0.2) is 26.6 Å². The first-order valence-electron chi connectivity index (χ1n) is 2.84. The summed E-state index contributed by atoms with van der Waals surface area (Å²) in [6.45, 7) is 1.66. The van der Waals surface area contributed by atoms with Crippen molar-refractivity contribution in [2.75, 3.05) is 0 Å². The van der Waals surface area contributed by atoms with Crippen LogP contribution in [0.3, 0.4) is 0 Å². The normalized spacial score (nSPS) is 10.8. The lowest BCUT2D eigenvalue weighted by Gasteiger charge is -1.94. The molecule has 1 aromatic rings. The summed E-state index contributed by atoms with van der Waals surface area (Å²) in [5.41, 5.74) is 0. The molecule has 0 unspecified atom stereocenters. The highest BCUT2D eigenvalue weighted by molar-refractivity contribution is 4.82. The number of aryl methyl sites for hydroxylation is 1. The molecule has 1 heterocycles. The van der Waals surface area contributed by atoms with Gasteiger partial charge in [-0.15, -0.1) is 0 Å². The molecule has 10 heavy (non-hydrogen) atoms. The Morgan fingerprint density at radius 3 is 2.70 bits per heavy atom. The second-order valence-corrected chi connectivity index (χ2v) is 1.92. The minimum absolute atomic E-state index is 0.0131. The van der Waals surface area contributed by atoms with Gasteiger partial charge in [0.05, 0.1) is 6.42 Å². The molecule has 1 rings (SSSR count). The minimum Gasteiger partial charge on any atom is -0.368 e. The van der Waals surface area contributed by atoms with Crippen LogP contribution in [0, 0.1) is 6.92 Å². The highest BCUT2D eigenvalue weighted by atomic mass is 16.5. The Labute approximate surface area is 57.3 Å². The van der Waals surface area contributed by atoms with Crippen molar-refractivity contribution in [3.8, 4) is 0 Å². The SMILES string of the molecule is Cc1noc(CC(O)O)n1. The molecule has 2 N–H and O–H groups in total. The quantitative estimate of drug-likeness (QED) is 0.533. The fourth-order valence-corrected chi connectivity index (χ4v) is 0.579. The van der Waals surface area contributed by atoms with Crippen LogP contribution in [0.2, 0.25) is 0 Å². The number of hydrogen-bond donors (Lipinski definition) is 2. The summed E-state index contributed by atoms with van der Waals surface area (Å²) in [7, 11) is 0. The lowest BCUT2D eigenvalue weighted by Crippen LogP contribution is -2.08. The number of rotatable bonds is 2. The average Bonchev–Trinajstić information content (AvgIpc) is 2.13. The Balaban J connectivity index is 2.58. The molecule has 0 saturated heterocycles. The van der Waals surface area contributed by atoms with Crippen molar-refractivity contribution in [1.82, 2.24) is 10.1 Å². The van der Waals surface area contributed by atoms with E-state index in [1.165, 1.54) is 0 Å². The van der Waals surface area contributed by atoms with Crippen LogP contribution in [-0.2, 0) is 6.42 Å². The summed E-state index contributed by atoms with van der Waals surface area (Å²) in [6.07, 6.45) is -1.43. The van der Waals surface area contributed by atoms with E-state index in [1.807, 2.05) is 0 Å². The summed E-state index contributed by atoms with van der Waals surface area (Å²) in [4.78, 5) is 3.75. The number of aromatic nitrogens is 2. The van der Waals surface area contributed by atoms with Gasteiger partial charge in [-0.1, -0.05) is 5.16 Å². The molecule has 0 fully saturated rings. The van der Waals surface area contributed by atoms with Crippen LogP contribution < -0.4 is 0 Å². The summed E-state index contributed by atoms with van der Waals surface area (Å²) in [5.74, 6) is 0.739. The van der Waals surface area contributed by atoms with Crippen LogP contribution in [0.1, 0.15) is 11.7 Å². The maximum absolute atomic E-state index is 8.44. The fraction of sp³-hybridized carbons (Fsp3) is 0.600. The largest absolute Gasteiger partial charge is 0.368 e. The van der Waals surface area contributed by atoms with E-state index < -0.39 is 6.29 Å². The number of nitrogens with zero attached hydrogens (tertiary/aromatic N) is 2. The molecule has 5 nitrogen and oxygen atoms in total. The summed E-state index contributed by atoms with van der Waals surface area (Å²) in [6, 6.07) is 0. The van der Waals surface area contributed by atoms with Gasteiger partial charge < -0.3 is 14.7 Å². The zero-order valence-electron chi connectivity index (χ0n) is 5.48. The second kappa shape index (κ2) is 2.76. The maximum atomic E-state index is 8.44. The first kappa shape index (κ1) is 7.17. The van der Waals surface area contributed by atoms with Gasteiger partial charge in [-0.05, 0) is 6.92 Å². The molecule has 0 aliphatic carbocycles. The Morgan fingerprint density at radius 1 is 1.60 bits per heavy atom. The van der Waals surface area contributed by atoms with E-state index >= 15 is 0 Å². The third-order valence-corrected chi connectivity index (χ3v) is 0.927. The molecule has 0 aliphatic heterocycles. The van der Waals surface area contributed by atoms with Gasteiger partial charge >= 0.3 is 0 Å². The Bertz CT molecular complexity index is 208. The molecule has 0 aliphatic rings. The summed E-state index contributed by atoms with van der Waals surface area (Å²) in [5, 5.41) is 20.3. The Morgan fingerprint density at radius 2 is 2.30 bits per heavy atom. The fourth-order valence-electron chi connectivity index (χ4n) is 0.579. The standard InChI is InChI=1S/C5H8N2O3/c1-3-6-4(10-7-3)2-5(8)9/h5,8-9H,2H2,1H3. The monoisotopic (exact) mass is 144 g/mol. The van der Waals surface area contributed by atoms with Gasteiger partial charge in [-0.3, -0.25) is 0 Å². The van der Waals surface area contributed by atoms with Crippen LogP contribution in [0.5, 0.6) is 0 Å². The van der Waals surface area contributed by atoms with Crippen LogP contribution in [0.15, 0.2) is 4.52 Å². The van der Waals surface area contributed by atoms with E-state index in [-0.39, 0.29) is 12.3 Å². The van der Waals surface area contributed by atoms with E-state index in [2.05, 4.69) is 14.7 Å². The first-order valence-corrected chi connectivity index (χ1v) is 2.84.